The number of nitriles is 1. The molecule has 0 aromatic heterocycles. The minimum absolute atomic E-state index is 0.264. The fourth-order valence-corrected chi connectivity index (χ4v) is 3.99. The molecule has 0 aliphatic heterocycles. The number of rotatable bonds is 4. The highest BCUT2D eigenvalue weighted by Gasteiger charge is 2.26. The van der Waals surface area contributed by atoms with E-state index in [1.165, 1.54) is 0 Å². The van der Waals surface area contributed by atoms with Crippen molar-refractivity contribution in [2.75, 3.05) is 4.72 Å². The Morgan fingerprint density at radius 3 is 2.37 bits per heavy atom. The standard InChI is InChI=1S/C14H18N2O2S/c15-11-10-12-6-8-13(9-7-12)16-19(17,18)14-4-2-1-3-5-14/h6-9,14,16H,1-5,10H2. The molecule has 0 unspecified atom stereocenters. The van der Waals surface area contributed by atoms with Gasteiger partial charge in [-0.2, -0.15) is 5.26 Å². The zero-order valence-electron chi connectivity index (χ0n) is 10.8. The van der Waals surface area contributed by atoms with Crippen molar-refractivity contribution in [2.45, 2.75) is 43.8 Å². The third-order valence-electron chi connectivity index (χ3n) is 3.49. The molecule has 1 N–H and O–H groups in total. The Bertz CT molecular complexity index is 552. The molecule has 0 amide bonds. The lowest BCUT2D eigenvalue weighted by molar-refractivity contribution is 0.486. The molecule has 1 aliphatic carbocycles. The first kappa shape index (κ1) is 13.9. The van der Waals surface area contributed by atoms with Gasteiger partial charge >= 0.3 is 0 Å². The maximum atomic E-state index is 12.2. The highest BCUT2D eigenvalue weighted by Crippen LogP contribution is 2.25. The van der Waals surface area contributed by atoms with Crippen molar-refractivity contribution in [3.63, 3.8) is 0 Å². The number of benzene rings is 1. The van der Waals surface area contributed by atoms with Crippen molar-refractivity contribution < 1.29 is 8.42 Å². The third-order valence-corrected chi connectivity index (χ3v) is 5.36. The molecule has 0 bridgehead atoms. The Morgan fingerprint density at radius 1 is 1.16 bits per heavy atom. The van der Waals surface area contributed by atoms with Gasteiger partial charge in [0.1, 0.15) is 0 Å². The van der Waals surface area contributed by atoms with E-state index in [0.717, 1.165) is 37.7 Å². The molecule has 4 nitrogen and oxygen atoms in total. The summed E-state index contributed by atoms with van der Waals surface area (Å²) in [5.74, 6) is 0. The van der Waals surface area contributed by atoms with E-state index >= 15 is 0 Å². The summed E-state index contributed by atoms with van der Waals surface area (Å²) in [5, 5.41) is 8.32. The van der Waals surface area contributed by atoms with Crippen molar-refractivity contribution in [2.24, 2.45) is 0 Å². The Balaban J connectivity index is 2.05. The number of anilines is 1. The van der Waals surface area contributed by atoms with E-state index in [9.17, 15) is 8.42 Å². The van der Waals surface area contributed by atoms with Gasteiger partial charge in [0.05, 0.1) is 17.7 Å². The van der Waals surface area contributed by atoms with Gasteiger partial charge in [-0.25, -0.2) is 8.42 Å². The van der Waals surface area contributed by atoms with Gasteiger partial charge < -0.3 is 0 Å². The van der Waals surface area contributed by atoms with Gasteiger partial charge in [0.25, 0.3) is 0 Å². The maximum Gasteiger partial charge on any atom is 0.235 e. The van der Waals surface area contributed by atoms with Crippen LogP contribution in [0.3, 0.4) is 0 Å². The topological polar surface area (TPSA) is 70.0 Å². The van der Waals surface area contributed by atoms with Crippen LogP contribution < -0.4 is 4.72 Å². The second-order valence-corrected chi connectivity index (χ2v) is 6.90. The van der Waals surface area contributed by atoms with Crippen molar-refractivity contribution >= 4 is 15.7 Å². The Hall–Kier alpha value is -1.54. The normalized spacial score (nSPS) is 16.8. The van der Waals surface area contributed by atoms with Crippen LogP contribution in [0.15, 0.2) is 24.3 Å². The van der Waals surface area contributed by atoms with Crippen LogP contribution >= 0.6 is 0 Å². The summed E-state index contributed by atoms with van der Waals surface area (Å²) < 4.78 is 27.1. The minimum atomic E-state index is -3.28. The first-order valence-corrected chi connectivity index (χ1v) is 8.14. The molecular formula is C14H18N2O2S. The highest BCUT2D eigenvalue weighted by atomic mass is 32.2. The SMILES string of the molecule is N#CCc1ccc(NS(=O)(=O)C2CCCCC2)cc1. The highest BCUT2D eigenvalue weighted by molar-refractivity contribution is 7.93. The van der Waals surface area contributed by atoms with Gasteiger partial charge in [0.15, 0.2) is 0 Å². The van der Waals surface area contributed by atoms with Gasteiger partial charge in [-0.15, -0.1) is 0 Å². The third kappa shape index (κ3) is 3.71. The van der Waals surface area contributed by atoms with Crippen LogP contribution in [0.1, 0.15) is 37.7 Å². The number of nitrogens with one attached hydrogen (secondary N) is 1. The lowest BCUT2D eigenvalue weighted by Gasteiger charge is -2.22. The van der Waals surface area contributed by atoms with Gasteiger partial charge in [-0.3, -0.25) is 4.72 Å². The van der Waals surface area contributed by atoms with Crippen molar-refractivity contribution in [3.8, 4) is 6.07 Å². The van der Waals surface area contributed by atoms with E-state index in [0.29, 0.717) is 12.1 Å². The zero-order valence-corrected chi connectivity index (χ0v) is 11.6. The number of sulfonamides is 1. The molecule has 1 aromatic carbocycles. The fourth-order valence-electron chi connectivity index (χ4n) is 2.40. The summed E-state index contributed by atoms with van der Waals surface area (Å²) in [6.07, 6.45) is 4.97. The Labute approximate surface area is 114 Å². The summed E-state index contributed by atoms with van der Waals surface area (Å²) in [4.78, 5) is 0. The predicted molar refractivity (Wildman–Crippen MR) is 75.2 cm³/mol. The Kier molecular flexibility index (Phi) is 4.43. The van der Waals surface area contributed by atoms with E-state index in [-0.39, 0.29) is 5.25 Å². The van der Waals surface area contributed by atoms with Gasteiger partial charge in [0.2, 0.25) is 10.0 Å². The summed E-state index contributed by atoms with van der Waals surface area (Å²) in [6.45, 7) is 0. The molecule has 0 spiro atoms. The van der Waals surface area contributed by atoms with Gasteiger partial charge in [-0.05, 0) is 30.5 Å². The lowest BCUT2D eigenvalue weighted by Crippen LogP contribution is -2.29. The summed E-state index contributed by atoms with van der Waals surface area (Å²) >= 11 is 0. The number of nitrogens with zero attached hydrogens (tertiary/aromatic N) is 1. The molecule has 1 saturated carbocycles. The van der Waals surface area contributed by atoms with Crippen LogP contribution in [0, 0.1) is 11.3 Å². The average Bonchev–Trinajstić information content (AvgIpc) is 2.42. The van der Waals surface area contributed by atoms with Crippen LogP contribution in [0.25, 0.3) is 0 Å². The lowest BCUT2D eigenvalue weighted by atomic mass is 10.0. The summed E-state index contributed by atoms with van der Waals surface area (Å²) in [6, 6.07) is 9.05. The molecule has 2 rings (SSSR count). The molecule has 1 fully saturated rings. The van der Waals surface area contributed by atoms with Crippen molar-refractivity contribution in [3.05, 3.63) is 29.8 Å². The quantitative estimate of drug-likeness (QED) is 0.920. The van der Waals surface area contributed by atoms with Crippen LogP contribution in [-0.2, 0) is 16.4 Å². The van der Waals surface area contributed by atoms with Crippen LogP contribution in [-0.4, -0.2) is 13.7 Å². The number of hydrogen-bond donors (Lipinski definition) is 1. The van der Waals surface area contributed by atoms with Crippen LogP contribution in [0.2, 0.25) is 0 Å². The van der Waals surface area contributed by atoms with Crippen LogP contribution in [0.4, 0.5) is 5.69 Å². The van der Waals surface area contributed by atoms with E-state index in [1.54, 1.807) is 24.3 Å². The molecule has 19 heavy (non-hydrogen) atoms. The van der Waals surface area contributed by atoms with Gasteiger partial charge in [0, 0.05) is 5.69 Å². The summed E-state index contributed by atoms with van der Waals surface area (Å²) in [5.41, 5.74) is 1.47. The minimum Gasteiger partial charge on any atom is -0.283 e. The van der Waals surface area contributed by atoms with Crippen LogP contribution in [0.5, 0.6) is 0 Å². The van der Waals surface area contributed by atoms with Crippen molar-refractivity contribution in [1.29, 1.82) is 5.26 Å². The van der Waals surface area contributed by atoms with E-state index in [2.05, 4.69) is 10.8 Å². The maximum absolute atomic E-state index is 12.2. The largest absolute Gasteiger partial charge is 0.283 e. The van der Waals surface area contributed by atoms with E-state index in [1.807, 2.05) is 0 Å². The predicted octanol–water partition coefficient (Wildman–Crippen LogP) is 2.83. The second-order valence-electron chi connectivity index (χ2n) is 4.94. The number of hydrogen-bond acceptors (Lipinski definition) is 3. The Morgan fingerprint density at radius 2 is 1.79 bits per heavy atom. The monoisotopic (exact) mass is 278 g/mol. The molecular weight excluding hydrogens is 260 g/mol. The first-order valence-electron chi connectivity index (χ1n) is 6.59. The first-order chi connectivity index (χ1) is 9.12. The van der Waals surface area contributed by atoms with Crippen molar-refractivity contribution in [1.82, 2.24) is 0 Å². The average molecular weight is 278 g/mol. The smallest absolute Gasteiger partial charge is 0.235 e. The summed E-state index contributed by atoms with van der Waals surface area (Å²) in [7, 11) is -3.28. The molecule has 5 heteroatoms. The molecule has 0 atom stereocenters. The second kappa shape index (κ2) is 6.07. The fraction of sp³-hybridized carbons (Fsp3) is 0.500. The van der Waals surface area contributed by atoms with E-state index < -0.39 is 10.0 Å². The zero-order chi connectivity index (χ0) is 13.7. The van der Waals surface area contributed by atoms with E-state index in [4.69, 9.17) is 5.26 Å². The molecule has 1 aliphatic rings. The van der Waals surface area contributed by atoms with Gasteiger partial charge in [-0.1, -0.05) is 31.4 Å². The molecule has 102 valence electrons. The molecule has 0 radical (unpaired) electrons. The molecule has 0 saturated heterocycles. The molecule has 1 aromatic rings. The molecule has 0 heterocycles.